The summed E-state index contributed by atoms with van der Waals surface area (Å²) in [6, 6.07) is 13.2. The molecule has 0 saturated carbocycles. The predicted octanol–water partition coefficient (Wildman–Crippen LogP) is 3.36. The molecule has 0 atom stereocenters. The van der Waals surface area contributed by atoms with Gasteiger partial charge in [0.05, 0.1) is 26.7 Å². The first-order valence-electron chi connectivity index (χ1n) is 8.65. The van der Waals surface area contributed by atoms with Crippen molar-refractivity contribution in [2.75, 3.05) is 38.7 Å². The van der Waals surface area contributed by atoms with Crippen molar-refractivity contribution in [1.29, 1.82) is 0 Å². The van der Waals surface area contributed by atoms with Crippen LogP contribution in [0.5, 0.6) is 5.75 Å². The fourth-order valence-electron chi connectivity index (χ4n) is 2.97. The maximum absolute atomic E-state index is 12.3. The summed E-state index contributed by atoms with van der Waals surface area (Å²) >= 11 is 6.02. The normalized spacial score (nSPS) is 14.8. The van der Waals surface area contributed by atoms with Crippen LogP contribution in [0.1, 0.15) is 11.1 Å². The quantitative estimate of drug-likeness (QED) is 0.842. The highest BCUT2D eigenvalue weighted by Crippen LogP contribution is 2.23. The average molecular weight is 375 g/mol. The van der Waals surface area contributed by atoms with Crippen molar-refractivity contribution in [3.63, 3.8) is 0 Å². The van der Waals surface area contributed by atoms with Gasteiger partial charge in [0, 0.05) is 35.9 Å². The zero-order valence-electron chi connectivity index (χ0n) is 14.8. The maximum atomic E-state index is 12.3. The maximum Gasteiger partial charge on any atom is 0.228 e. The van der Waals surface area contributed by atoms with Gasteiger partial charge < -0.3 is 14.8 Å². The van der Waals surface area contributed by atoms with Crippen LogP contribution >= 0.6 is 11.6 Å². The summed E-state index contributed by atoms with van der Waals surface area (Å²) in [6.45, 7) is 4.40. The summed E-state index contributed by atoms with van der Waals surface area (Å²) in [7, 11) is 1.58. The zero-order valence-corrected chi connectivity index (χ0v) is 15.6. The van der Waals surface area contributed by atoms with E-state index in [1.54, 1.807) is 25.3 Å². The number of hydrogen-bond acceptors (Lipinski definition) is 4. The van der Waals surface area contributed by atoms with Crippen molar-refractivity contribution in [2.45, 2.75) is 13.0 Å². The van der Waals surface area contributed by atoms with E-state index in [-0.39, 0.29) is 12.3 Å². The first kappa shape index (κ1) is 18.7. The van der Waals surface area contributed by atoms with Gasteiger partial charge in [-0.15, -0.1) is 0 Å². The molecule has 1 aliphatic rings. The molecule has 6 heteroatoms. The molecule has 1 aliphatic heterocycles. The Kier molecular flexibility index (Phi) is 6.50. The Morgan fingerprint density at radius 3 is 2.62 bits per heavy atom. The van der Waals surface area contributed by atoms with Crippen LogP contribution in [-0.2, 0) is 22.5 Å². The summed E-state index contributed by atoms with van der Waals surface area (Å²) in [4.78, 5) is 14.7. The molecule has 0 spiro atoms. The van der Waals surface area contributed by atoms with Gasteiger partial charge in [0.15, 0.2) is 0 Å². The van der Waals surface area contributed by atoms with E-state index >= 15 is 0 Å². The summed E-state index contributed by atoms with van der Waals surface area (Å²) in [5.74, 6) is 0.553. The lowest BCUT2D eigenvalue weighted by Crippen LogP contribution is -2.35. The van der Waals surface area contributed by atoms with E-state index in [1.165, 1.54) is 5.56 Å². The third-order valence-corrected chi connectivity index (χ3v) is 4.58. The minimum Gasteiger partial charge on any atom is -0.496 e. The lowest BCUT2D eigenvalue weighted by molar-refractivity contribution is -0.115. The summed E-state index contributed by atoms with van der Waals surface area (Å²) in [5.41, 5.74) is 2.77. The number of rotatable bonds is 6. The second-order valence-electron chi connectivity index (χ2n) is 6.27. The van der Waals surface area contributed by atoms with E-state index in [0.29, 0.717) is 10.8 Å². The first-order valence-corrected chi connectivity index (χ1v) is 9.03. The van der Waals surface area contributed by atoms with E-state index in [9.17, 15) is 4.79 Å². The smallest absolute Gasteiger partial charge is 0.228 e. The molecule has 1 N–H and O–H groups in total. The van der Waals surface area contributed by atoms with Crippen LogP contribution in [0, 0.1) is 0 Å². The summed E-state index contributed by atoms with van der Waals surface area (Å²) < 4.78 is 10.7. The number of amides is 1. The third kappa shape index (κ3) is 5.21. The number of ether oxygens (including phenoxy) is 2. The fraction of sp³-hybridized carbons (Fsp3) is 0.350. The van der Waals surface area contributed by atoms with Crippen molar-refractivity contribution in [2.24, 2.45) is 0 Å². The molecule has 0 bridgehead atoms. The van der Waals surface area contributed by atoms with Gasteiger partial charge in [-0.05, 0) is 35.9 Å². The van der Waals surface area contributed by atoms with Gasteiger partial charge in [-0.1, -0.05) is 23.7 Å². The molecular formula is C20H23ClN2O3. The second kappa shape index (κ2) is 9.03. The Morgan fingerprint density at radius 2 is 1.92 bits per heavy atom. The molecule has 0 aromatic heterocycles. The Morgan fingerprint density at radius 1 is 1.19 bits per heavy atom. The largest absolute Gasteiger partial charge is 0.496 e. The molecule has 0 radical (unpaired) electrons. The molecule has 0 unspecified atom stereocenters. The lowest BCUT2D eigenvalue weighted by Gasteiger charge is -2.26. The Hall–Kier alpha value is -2.08. The van der Waals surface area contributed by atoms with Gasteiger partial charge in [-0.3, -0.25) is 9.69 Å². The van der Waals surface area contributed by atoms with Gasteiger partial charge in [0.25, 0.3) is 0 Å². The Balaban J connectivity index is 1.56. The SMILES string of the molecule is COc1ccc(Cl)cc1CC(=O)Nc1ccc(CN2CCOCC2)cc1. The van der Waals surface area contributed by atoms with Crippen LogP contribution in [0.4, 0.5) is 5.69 Å². The molecule has 138 valence electrons. The molecule has 26 heavy (non-hydrogen) atoms. The van der Waals surface area contributed by atoms with Gasteiger partial charge in [0.2, 0.25) is 5.91 Å². The molecule has 1 amide bonds. The number of anilines is 1. The predicted molar refractivity (Wildman–Crippen MR) is 103 cm³/mol. The third-order valence-electron chi connectivity index (χ3n) is 4.34. The van der Waals surface area contributed by atoms with Crippen molar-refractivity contribution in [3.8, 4) is 5.75 Å². The minimum absolute atomic E-state index is 0.105. The molecule has 2 aromatic carbocycles. The standard InChI is InChI=1S/C20H23ClN2O3/c1-25-19-7-4-17(21)12-16(19)13-20(24)22-18-5-2-15(3-6-18)14-23-8-10-26-11-9-23/h2-7,12H,8-11,13-14H2,1H3,(H,22,24). The number of halogens is 1. The minimum atomic E-state index is -0.105. The number of nitrogens with zero attached hydrogens (tertiary/aromatic N) is 1. The fourth-order valence-corrected chi connectivity index (χ4v) is 3.17. The lowest BCUT2D eigenvalue weighted by atomic mass is 10.1. The van der Waals surface area contributed by atoms with Crippen LogP contribution in [-0.4, -0.2) is 44.2 Å². The number of carbonyl (C=O) groups is 1. The first-order chi connectivity index (χ1) is 12.6. The van der Waals surface area contributed by atoms with Gasteiger partial charge in [-0.25, -0.2) is 0 Å². The molecule has 1 saturated heterocycles. The van der Waals surface area contributed by atoms with E-state index in [4.69, 9.17) is 21.1 Å². The number of nitrogens with one attached hydrogen (secondary N) is 1. The molecule has 5 nitrogen and oxygen atoms in total. The van der Waals surface area contributed by atoms with Crippen LogP contribution < -0.4 is 10.1 Å². The average Bonchev–Trinajstić information content (AvgIpc) is 2.64. The molecular weight excluding hydrogens is 352 g/mol. The van der Waals surface area contributed by atoms with Crippen LogP contribution in [0.2, 0.25) is 5.02 Å². The van der Waals surface area contributed by atoms with Gasteiger partial charge in [0.1, 0.15) is 5.75 Å². The monoisotopic (exact) mass is 374 g/mol. The number of carbonyl (C=O) groups excluding carboxylic acids is 1. The van der Waals surface area contributed by atoms with Crippen LogP contribution in [0.15, 0.2) is 42.5 Å². The topological polar surface area (TPSA) is 50.8 Å². The van der Waals surface area contributed by atoms with E-state index in [2.05, 4.69) is 10.2 Å². The molecule has 3 rings (SSSR count). The Bertz CT molecular complexity index is 743. The number of hydrogen-bond donors (Lipinski definition) is 1. The molecule has 2 aromatic rings. The van der Waals surface area contributed by atoms with E-state index in [1.807, 2.05) is 24.3 Å². The highest BCUT2D eigenvalue weighted by molar-refractivity contribution is 6.30. The van der Waals surface area contributed by atoms with E-state index < -0.39 is 0 Å². The number of benzene rings is 2. The Labute approximate surface area is 158 Å². The second-order valence-corrected chi connectivity index (χ2v) is 6.70. The van der Waals surface area contributed by atoms with Gasteiger partial charge in [-0.2, -0.15) is 0 Å². The highest BCUT2D eigenvalue weighted by Gasteiger charge is 2.12. The summed E-state index contributed by atoms with van der Waals surface area (Å²) in [5, 5.41) is 3.51. The van der Waals surface area contributed by atoms with Crippen molar-refractivity contribution in [3.05, 3.63) is 58.6 Å². The number of morpholine rings is 1. The molecule has 1 heterocycles. The molecule has 1 fully saturated rings. The van der Waals surface area contributed by atoms with Crippen molar-refractivity contribution in [1.82, 2.24) is 4.90 Å². The molecule has 0 aliphatic carbocycles. The highest BCUT2D eigenvalue weighted by atomic mass is 35.5. The number of methoxy groups -OCH3 is 1. The zero-order chi connectivity index (χ0) is 18.4. The van der Waals surface area contributed by atoms with Crippen molar-refractivity contribution >= 4 is 23.2 Å². The van der Waals surface area contributed by atoms with E-state index in [0.717, 1.165) is 44.1 Å². The van der Waals surface area contributed by atoms with Crippen LogP contribution in [0.25, 0.3) is 0 Å². The van der Waals surface area contributed by atoms with Gasteiger partial charge >= 0.3 is 0 Å². The van der Waals surface area contributed by atoms with Crippen molar-refractivity contribution < 1.29 is 14.3 Å². The summed E-state index contributed by atoms with van der Waals surface area (Å²) in [6.07, 6.45) is 0.208. The van der Waals surface area contributed by atoms with Crippen LogP contribution in [0.3, 0.4) is 0 Å².